The molecule has 2 aromatic carbocycles. The van der Waals surface area contributed by atoms with Crippen LogP contribution in [0.25, 0.3) is 0 Å². The average molecular weight is 348 g/mol. The summed E-state index contributed by atoms with van der Waals surface area (Å²) in [5, 5.41) is 12.5. The highest BCUT2D eigenvalue weighted by atomic mass is 79.9. The van der Waals surface area contributed by atoms with Crippen LogP contribution in [0.5, 0.6) is 0 Å². The molecule has 0 aliphatic carbocycles. The third-order valence-corrected chi connectivity index (χ3v) is 4.01. The van der Waals surface area contributed by atoms with Crippen molar-refractivity contribution in [1.29, 1.82) is 0 Å². The predicted octanol–water partition coefficient (Wildman–Crippen LogP) is 5.02. The summed E-state index contributed by atoms with van der Waals surface area (Å²) in [6, 6.07) is 13.6. The number of aromatic carboxylic acids is 1. The van der Waals surface area contributed by atoms with E-state index in [2.05, 4.69) is 40.3 Å². The van der Waals surface area contributed by atoms with Crippen LogP contribution in [0.1, 0.15) is 40.9 Å². The molecule has 4 heteroatoms. The fourth-order valence-electron chi connectivity index (χ4n) is 2.26. The highest BCUT2D eigenvalue weighted by molar-refractivity contribution is 9.10. The van der Waals surface area contributed by atoms with E-state index < -0.39 is 5.97 Å². The van der Waals surface area contributed by atoms with E-state index in [1.165, 1.54) is 5.56 Å². The van der Waals surface area contributed by atoms with E-state index in [1.807, 2.05) is 25.1 Å². The summed E-state index contributed by atoms with van der Waals surface area (Å²) in [7, 11) is 0. The Morgan fingerprint density at radius 1 is 1.24 bits per heavy atom. The maximum absolute atomic E-state index is 11.0. The molecule has 0 amide bonds. The molecule has 0 saturated heterocycles. The van der Waals surface area contributed by atoms with Gasteiger partial charge in [0, 0.05) is 10.2 Å². The fourth-order valence-corrected chi connectivity index (χ4v) is 2.53. The van der Waals surface area contributed by atoms with Crippen molar-refractivity contribution in [3.05, 3.63) is 63.6 Å². The van der Waals surface area contributed by atoms with Gasteiger partial charge in [-0.05, 0) is 54.8 Å². The molecule has 0 aliphatic heterocycles. The fraction of sp³-hybridized carbons (Fsp3) is 0.235. The molecule has 2 rings (SSSR count). The van der Waals surface area contributed by atoms with Crippen LogP contribution in [0.4, 0.5) is 5.69 Å². The van der Waals surface area contributed by atoms with Gasteiger partial charge in [-0.3, -0.25) is 0 Å². The molecule has 1 unspecified atom stereocenters. The summed E-state index contributed by atoms with van der Waals surface area (Å²) in [6.07, 6.45) is 0.946. The van der Waals surface area contributed by atoms with Gasteiger partial charge < -0.3 is 10.4 Å². The Bertz CT molecular complexity index is 638. The van der Waals surface area contributed by atoms with Crippen molar-refractivity contribution in [2.45, 2.75) is 26.3 Å². The standard InChI is InChI=1S/C17H18BrNO2/c1-3-15(12-4-7-14(18)8-5-12)19-16-9-6-13(17(20)21)10-11(16)2/h4-10,15,19H,3H2,1-2H3,(H,20,21). The van der Waals surface area contributed by atoms with E-state index in [0.29, 0.717) is 5.56 Å². The van der Waals surface area contributed by atoms with Crippen LogP contribution in [-0.4, -0.2) is 11.1 Å². The number of rotatable bonds is 5. The van der Waals surface area contributed by atoms with Crippen molar-refractivity contribution >= 4 is 27.6 Å². The Morgan fingerprint density at radius 2 is 1.90 bits per heavy atom. The minimum absolute atomic E-state index is 0.201. The highest BCUT2D eigenvalue weighted by Crippen LogP contribution is 2.26. The van der Waals surface area contributed by atoms with Gasteiger partial charge in [-0.1, -0.05) is 35.0 Å². The van der Waals surface area contributed by atoms with Crippen molar-refractivity contribution in [2.24, 2.45) is 0 Å². The number of anilines is 1. The maximum atomic E-state index is 11.0. The molecule has 0 heterocycles. The number of carboxylic acids is 1. The second-order valence-corrected chi connectivity index (χ2v) is 5.91. The molecule has 0 radical (unpaired) electrons. The van der Waals surface area contributed by atoms with Crippen molar-refractivity contribution in [1.82, 2.24) is 0 Å². The number of halogens is 1. The predicted molar refractivity (Wildman–Crippen MR) is 88.9 cm³/mol. The van der Waals surface area contributed by atoms with E-state index in [4.69, 9.17) is 5.11 Å². The molecular formula is C17H18BrNO2. The summed E-state index contributed by atoms with van der Waals surface area (Å²) in [5.41, 5.74) is 3.43. The molecule has 2 N–H and O–H groups in total. The lowest BCUT2D eigenvalue weighted by Gasteiger charge is -2.20. The van der Waals surface area contributed by atoms with Crippen LogP contribution >= 0.6 is 15.9 Å². The lowest BCUT2D eigenvalue weighted by atomic mass is 10.0. The Balaban J connectivity index is 2.22. The molecule has 0 spiro atoms. The van der Waals surface area contributed by atoms with Crippen LogP contribution in [0, 0.1) is 6.92 Å². The molecule has 1 atom stereocenters. The summed E-state index contributed by atoms with van der Waals surface area (Å²) < 4.78 is 1.06. The zero-order valence-electron chi connectivity index (χ0n) is 12.1. The quantitative estimate of drug-likeness (QED) is 0.798. The minimum Gasteiger partial charge on any atom is -0.478 e. The van der Waals surface area contributed by atoms with Gasteiger partial charge in [0.1, 0.15) is 0 Å². The van der Waals surface area contributed by atoms with E-state index in [0.717, 1.165) is 22.1 Å². The van der Waals surface area contributed by atoms with Gasteiger partial charge in [-0.15, -0.1) is 0 Å². The number of benzene rings is 2. The summed E-state index contributed by atoms with van der Waals surface area (Å²) in [6.45, 7) is 4.05. The number of carbonyl (C=O) groups is 1. The molecule has 0 saturated carbocycles. The van der Waals surface area contributed by atoms with E-state index in [1.54, 1.807) is 12.1 Å². The molecular weight excluding hydrogens is 330 g/mol. The molecule has 3 nitrogen and oxygen atoms in total. The Kier molecular flexibility index (Phi) is 5.02. The second-order valence-electron chi connectivity index (χ2n) is 4.99. The summed E-state index contributed by atoms with van der Waals surface area (Å²) >= 11 is 3.44. The molecule has 2 aromatic rings. The van der Waals surface area contributed by atoms with Crippen molar-refractivity contribution in [2.75, 3.05) is 5.32 Å². The topological polar surface area (TPSA) is 49.3 Å². The highest BCUT2D eigenvalue weighted by Gasteiger charge is 2.11. The zero-order valence-corrected chi connectivity index (χ0v) is 13.6. The number of carboxylic acid groups (broad SMARTS) is 1. The number of hydrogen-bond donors (Lipinski definition) is 2. The SMILES string of the molecule is CCC(Nc1ccc(C(=O)O)cc1C)c1ccc(Br)cc1. The number of nitrogens with one attached hydrogen (secondary N) is 1. The van der Waals surface area contributed by atoms with Gasteiger partial charge in [-0.25, -0.2) is 4.79 Å². The van der Waals surface area contributed by atoms with Gasteiger partial charge in [-0.2, -0.15) is 0 Å². The first-order chi connectivity index (χ1) is 10.0. The molecule has 0 fully saturated rings. The van der Waals surface area contributed by atoms with Crippen LogP contribution < -0.4 is 5.32 Å². The Labute approximate surface area is 133 Å². The van der Waals surface area contributed by atoms with Gasteiger partial charge in [0.25, 0.3) is 0 Å². The zero-order chi connectivity index (χ0) is 15.4. The molecule has 110 valence electrons. The second kappa shape index (κ2) is 6.76. The molecule has 0 bridgehead atoms. The lowest BCUT2D eigenvalue weighted by molar-refractivity contribution is 0.0697. The Morgan fingerprint density at radius 3 is 2.43 bits per heavy atom. The maximum Gasteiger partial charge on any atom is 0.335 e. The number of hydrogen-bond acceptors (Lipinski definition) is 2. The van der Waals surface area contributed by atoms with Gasteiger partial charge in [0.05, 0.1) is 11.6 Å². The van der Waals surface area contributed by atoms with Crippen LogP contribution in [0.15, 0.2) is 46.9 Å². The van der Waals surface area contributed by atoms with Gasteiger partial charge in [0.15, 0.2) is 0 Å². The average Bonchev–Trinajstić information content (AvgIpc) is 2.47. The minimum atomic E-state index is -0.899. The van der Waals surface area contributed by atoms with Gasteiger partial charge >= 0.3 is 5.97 Å². The van der Waals surface area contributed by atoms with Gasteiger partial charge in [0.2, 0.25) is 0 Å². The Hall–Kier alpha value is -1.81. The van der Waals surface area contributed by atoms with Crippen molar-refractivity contribution < 1.29 is 9.90 Å². The third kappa shape index (κ3) is 3.85. The molecule has 21 heavy (non-hydrogen) atoms. The first-order valence-corrected chi connectivity index (χ1v) is 7.66. The normalized spacial score (nSPS) is 12.0. The van der Waals surface area contributed by atoms with E-state index >= 15 is 0 Å². The largest absolute Gasteiger partial charge is 0.478 e. The van der Waals surface area contributed by atoms with Crippen LogP contribution in [0.3, 0.4) is 0 Å². The smallest absolute Gasteiger partial charge is 0.335 e. The van der Waals surface area contributed by atoms with Crippen molar-refractivity contribution in [3.63, 3.8) is 0 Å². The van der Waals surface area contributed by atoms with E-state index in [-0.39, 0.29) is 6.04 Å². The van der Waals surface area contributed by atoms with Crippen LogP contribution in [0.2, 0.25) is 0 Å². The summed E-state index contributed by atoms with van der Waals surface area (Å²) in [4.78, 5) is 11.0. The first kappa shape index (κ1) is 15.6. The molecule has 0 aromatic heterocycles. The number of aryl methyl sites for hydroxylation is 1. The molecule has 0 aliphatic rings. The monoisotopic (exact) mass is 347 g/mol. The lowest BCUT2D eigenvalue weighted by Crippen LogP contribution is -2.11. The van der Waals surface area contributed by atoms with Crippen molar-refractivity contribution in [3.8, 4) is 0 Å². The van der Waals surface area contributed by atoms with Crippen LogP contribution in [-0.2, 0) is 0 Å². The summed E-state index contributed by atoms with van der Waals surface area (Å²) in [5.74, 6) is -0.899. The third-order valence-electron chi connectivity index (χ3n) is 3.48. The van der Waals surface area contributed by atoms with E-state index in [9.17, 15) is 4.79 Å². The first-order valence-electron chi connectivity index (χ1n) is 6.87.